The van der Waals surface area contributed by atoms with E-state index in [0.717, 1.165) is 28.4 Å². The summed E-state index contributed by atoms with van der Waals surface area (Å²) in [5.74, 6) is 2.01. The summed E-state index contributed by atoms with van der Waals surface area (Å²) in [5.41, 5.74) is 0.945. The molecule has 3 aromatic rings. The van der Waals surface area contributed by atoms with Crippen molar-refractivity contribution in [3.63, 3.8) is 0 Å². The topological polar surface area (TPSA) is 88.8 Å². The van der Waals surface area contributed by atoms with Crippen LogP contribution in [0.1, 0.15) is 16.4 Å². The first-order chi connectivity index (χ1) is 11.2. The van der Waals surface area contributed by atoms with Gasteiger partial charge in [-0.25, -0.2) is 9.97 Å². The van der Waals surface area contributed by atoms with Gasteiger partial charge in [-0.1, -0.05) is 0 Å². The van der Waals surface area contributed by atoms with Crippen molar-refractivity contribution in [3.8, 4) is 0 Å². The third-order valence-corrected chi connectivity index (χ3v) is 4.82. The Morgan fingerprint density at radius 3 is 3.13 bits per heavy atom. The predicted molar refractivity (Wildman–Crippen MR) is 86.6 cm³/mol. The van der Waals surface area contributed by atoms with E-state index in [-0.39, 0.29) is 5.91 Å². The molecule has 0 saturated carbocycles. The maximum absolute atomic E-state index is 12.0. The molecule has 0 unspecified atom stereocenters. The molecule has 1 amide bonds. The summed E-state index contributed by atoms with van der Waals surface area (Å²) >= 11 is 1.61. The fourth-order valence-corrected chi connectivity index (χ4v) is 3.45. The molecule has 23 heavy (non-hydrogen) atoms. The number of rotatable bonds is 4. The van der Waals surface area contributed by atoms with E-state index in [1.54, 1.807) is 29.6 Å². The second kappa shape index (κ2) is 5.58. The van der Waals surface area contributed by atoms with Crippen LogP contribution < -0.4 is 5.32 Å². The summed E-state index contributed by atoms with van der Waals surface area (Å²) in [4.78, 5) is 22.2. The third kappa shape index (κ3) is 2.42. The fraction of sp³-hybridized carbons (Fsp3) is 0.357. The van der Waals surface area contributed by atoms with E-state index in [4.69, 9.17) is 0 Å². The lowest BCUT2D eigenvalue weighted by Gasteiger charge is -2.23. The zero-order valence-corrected chi connectivity index (χ0v) is 13.4. The van der Waals surface area contributed by atoms with Gasteiger partial charge in [0.1, 0.15) is 18.0 Å². The monoisotopic (exact) mass is 329 g/mol. The number of amides is 1. The molecule has 0 aromatic carbocycles. The molecule has 118 valence electrons. The molecule has 8 nitrogen and oxygen atoms in total. The lowest BCUT2D eigenvalue weighted by atomic mass is 10.3. The normalized spacial score (nSPS) is 14.3. The van der Waals surface area contributed by atoms with E-state index in [2.05, 4.69) is 25.5 Å². The Kier molecular flexibility index (Phi) is 3.41. The lowest BCUT2D eigenvalue weighted by Crippen LogP contribution is -2.38. The van der Waals surface area contributed by atoms with Crippen LogP contribution >= 0.6 is 11.3 Å². The zero-order chi connectivity index (χ0) is 15.8. The fourth-order valence-electron chi connectivity index (χ4n) is 2.64. The average Bonchev–Trinajstić information content (AvgIpc) is 3.18. The van der Waals surface area contributed by atoms with Gasteiger partial charge >= 0.3 is 0 Å². The number of likely N-dealkylation sites (N-methyl/N-ethyl adjacent to an activating group) is 1. The van der Waals surface area contributed by atoms with Crippen LogP contribution in [0.4, 0.5) is 5.82 Å². The van der Waals surface area contributed by atoms with Crippen molar-refractivity contribution in [1.82, 2.24) is 29.6 Å². The molecule has 0 atom stereocenters. The van der Waals surface area contributed by atoms with Gasteiger partial charge in [-0.15, -0.1) is 21.5 Å². The number of aromatic nitrogens is 5. The van der Waals surface area contributed by atoms with Crippen LogP contribution in [0.2, 0.25) is 0 Å². The van der Waals surface area contributed by atoms with Crippen molar-refractivity contribution in [1.29, 1.82) is 0 Å². The van der Waals surface area contributed by atoms with E-state index in [0.29, 0.717) is 25.3 Å². The standard InChI is InChI=1S/C14H15N7OS/c1-20-5-6-21-10(18-19-13(21)14(20)22)2-4-15-12-11-9(3-7-23-11)16-8-17-12/h3,7-8H,2,4-6H2,1H3,(H,15,16,17). The Morgan fingerprint density at radius 2 is 2.22 bits per heavy atom. The van der Waals surface area contributed by atoms with Crippen molar-refractivity contribution >= 4 is 33.3 Å². The highest BCUT2D eigenvalue weighted by molar-refractivity contribution is 7.17. The predicted octanol–water partition coefficient (Wildman–Crippen LogP) is 1.02. The van der Waals surface area contributed by atoms with Gasteiger partial charge in [-0.05, 0) is 11.4 Å². The number of nitrogens with one attached hydrogen (secondary N) is 1. The Labute approximate surface area is 136 Å². The van der Waals surface area contributed by atoms with Gasteiger partial charge < -0.3 is 14.8 Å². The van der Waals surface area contributed by atoms with E-state index in [1.165, 1.54) is 0 Å². The molecule has 4 heterocycles. The van der Waals surface area contributed by atoms with Gasteiger partial charge in [0.15, 0.2) is 0 Å². The molecular weight excluding hydrogens is 314 g/mol. The smallest absolute Gasteiger partial charge is 0.291 e. The van der Waals surface area contributed by atoms with Crippen molar-refractivity contribution in [3.05, 3.63) is 29.4 Å². The quantitative estimate of drug-likeness (QED) is 0.769. The Hall–Kier alpha value is -2.55. The second-order valence-electron chi connectivity index (χ2n) is 5.35. The molecule has 1 N–H and O–H groups in total. The molecule has 0 bridgehead atoms. The van der Waals surface area contributed by atoms with Crippen molar-refractivity contribution in [2.24, 2.45) is 0 Å². The lowest BCUT2D eigenvalue weighted by molar-refractivity contribution is 0.0740. The van der Waals surface area contributed by atoms with Crippen LogP contribution in [-0.2, 0) is 13.0 Å². The van der Waals surface area contributed by atoms with E-state index >= 15 is 0 Å². The Bertz CT molecular complexity index is 871. The van der Waals surface area contributed by atoms with Gasteiger partial charge in [-0.2, -0.15) is 0 Å². The minimum Gasteiger partial charge on any atom is -0.368 e. The third-order valence-electron chi connectivity index (χ3n) is 3.91. The van der Waals surface area contributed by atoms with Gasteiger partial charge in [0.05, 0.1) is 10.2 Å². The highest BCUT2D eigenvalue weighted by atomic mass is 32.1. The molecule has 1 aliphatic heterocycles. The average molecular weight is 329 g/mol. The second-order valence-corrected chi connectivity index (χ2v) is 6.27. The van der Waals surface area contributed by atoms with Crippen LogP contribution in [-0.4, -0.2) is 55.7 Å². The van der Waals surface area contributed by atoms with Gasteiger partial charge in [0.25, 0.3) is 5.91 Å². The maximum Gasteiger partial charge on any atom is 0.291 e. The number of carbonyl (C=O) groups is 1. The van der Waals surface area contributed by atoms with Gasteiger partial charge in [0, 0.05) is 33.1 Å². The summed E-state index contributed by atoms with van der Waals surface area (Å²) in [6.45, 7) is 2.10. The summed E-state index contributed by atoms with van der Waals surface area (Å²) in [5, 5.41) is 13.5. The van der Waals surface area contributed by atoms with Gasteiger partial charge in [0.2, 0.25) is 5.82 Å². The van der Waals surface area contributed by atoms with Gasteiger partial charge in [-0.3, -0.25) is 4.79 Å². The highest BCUT2D eigenvalue weighted by Crippen LogP contribution is 2.24. The number of hydrogen-bond donors (Lipinski definition) is 1. The molecule has 3 aromatic heterocycles. The number of fused-ring (bicyclic) bond motifs is 2. The van der Waals surface area contributed by atoms with Crippen LogP contribution in [0.5, 0.6) is 0 Å². The molecule has 0 aliphatic carbocycles. The minimum absolute atomic E-state index is 0.0703. The van der Waals surface area contributed by atoms with Crippen LogP contribution in [0, 0.1) is 0 Å². The first-order valence-corrected chi connectivity index (χ1v) is 8.21. The van der Waals surface area contributed by atoms with Crippen molar-refractivity contribution in [2.45, 2.75) is 13.0 Å². The first-order valence-electron chi connectivity index (χ1n) is 7.33. The number of anilines is 1. The summed E-state index contributed by atoms with van der Waals surface area (Å²) < 4.78 is 2.96. The van der Waals surface area contributed by atoms with E-state index in [1.807, 2.05) is 16.0 Å². The van der Waals surface area contributed by atoms with Crippen molar-refractivity contribution < 1.29 is 4.79 Å². The SMILES string of the molecule is CN1CCn2c(CCNc3ncnc4ccsc34)nnc2C1=O. The van der Waals surface area contributed by atoms with E-state index in [9.17, 15) is 4.79 Å². The van der Waals surface area contributed by atoms with Crippen LogP contribution in [0.3, 0.4) is 0 Å². The maximum atomic E-state index is 12.0. The first kappa shape index (κ1) is 14.1. The Morgan fingerprint density at radius 1 is 1.30 bits per heavy atom. The largest absolute Gasteiger partial charge is 0.368 e. The minimum atomic E-state index is -0.0703. The van der Waals surface area contributed by atoms with Crippen molar-refractivity contribution in [2.75, 3.05) is 25.5 Å². The highest BCUT2D eigenvalue weighted by Gasteiger charge is 2.26. The van der Waals surface area contributed by atoms with E-state index < -0.39 is 0 Å². The summed E-state index contributed by atoms with van der Waals surface area (Å²) in [6, 6.07) is 1.98. The molecule has 0 fully saturated rings. The van der Waals surface area contributed by atoms with Crippen LogP contribution in [0.15, 0.2) is 17.8 Å². The molecule has 1 aliphatic rings. The molecule has 4 rings (SSSR count). The zero-order valence-electron chi connectivity index (χ0n) is 12.6. The molecular formula is C14H15N7OS. The number of nitrogens with zero attached hydrogens (tertiary/aromatic N) is 6. The molecule has 9 heteroatoms. The number of hydrogen-bond acceptors (Lipinski definition) is 7. The molecule has 0 saturated heterocycles. The Balaban J connectivity index is 1.47. The molecule has 0 spiro atoms. The number of thiophene rings is 1. The van der Waals surface area contributed by atoms with Crippen LogP contribution in [0.25, 0.3) is 10.2 Å². The summed E-state index contributed by atoms with van der Waals surface area (Å²) in [7, 11) is 1.78. The molecule has 0 radical (unpaired) electrons. The number of carbonyl (C=O) groups excluding carboxylic acids is 1. The summed E-state index contributed by atoms with van der Waals surface area (Å²) in [6.07, 6.45) is 2.24.